The molecule has 0 aliphatic rings. The lowest BCUT2D eigenvalue weighted by molar-refractivity contribution is -0.120. The van der Waals surface area contributed by atoms with E-state index in [1.54, 1.807) is 30.5 Å². The van der Waals surface area contributed by atoms with E-state index in [9.17, 15) is 35.9 Å². The molecule has 6 nitrogen and oxygen atoms in total. The first-order chi connectivity index (χ1) is 14.9. The Morgan fingerprint density at radius 2 is 1.78 bits per heavy atom. The number of carbonyl (C=O) groups excluding carboxylic acids is 1. The summed E-state index contributed by atoms with van der Waals surface area (Å²) in [5, 5.41) is 12.4. The molecule has 12 heteroatoms. The van der Waals surface area contributed by atoms with Gasteiger partial charge in [-0.2, -0.15) is 13.2 Å². The second-order valence-corrected chi connectivity index (χ2v) is 10.3. The van der Waals surface area contributed by atoms with Gasteiger partial charge in [0.25, 0.3) is 0 Å². The van der Waals surface area contributed by atoms with Crippen LogP contribution in [0, 0.1) is 0 Å². The molecular formula is C20H22F4N2O4S2. The van der Waals surface area contributed by atoms with Crippen molar-refractivity contribution in [1.29, 1.82) is 0 Å². The minimum Gasteiger partial charge on any atom is -0.386 e. The second kappa shape index (κ2) is 11.1. The van der Waals surface area contributed by atoms with Crippen molar-refractivity contribution in [3.8, 4) is 11.1 Å². The molecular weight excluding hydrogens is 472 g/mol. The summed E-state index contributed by atoms with van der Waals surface area (Å²) in [6.45, 7) is -1.16. The summed E-state index contributed by atoms with van der Waals surface area (Å²) in [4.78, 5) is 15.8. The van der Waals surface area contributed by atoms with Gasteiger partial charge in [-0.3, -0.25) is 9.78 Å². The standard InChI is InChI=1S/C20H22F4N2O4S2/c1-32(29,30)9-8-16-7-6-15(11-25-16)13-2-4-14(5-3-13)19(28)17(10-21)26-18(27)12-31-20(22,23)24/h2-7,11,17,19,28H,8-10,12H2,1H3,(H,26,27)/t17-,19-/m1/s1. The molecule has 0 saturated carbocycles. The average Bonchev–Trinajstić information content (AvgIpc) is 2.73. The number of carbonyl (C=O) groups is 1. The highest BCUT2D eigenvalue weighted by molar-refractivity contribution is 8.00. The molecule has 0 radical (unpaired) electrons. The van der Waals surface area contributed by atoms with Crippen molar-refractivity contribution in [3.05, 3.63) is 53.9 Å². The van der Waals surface area contributed by atoms with Crippen molar-refractivity contribution >= 4 is 27.5 Å². The number of hydrogen-bond donors (Lipinski definition) is 2. The van der Waals surface area contributed by atoms with Gasteiger partial charge >= 0.3 is 5.51 Å². The number of hydrogen-bond acceptors (Lipinski definition) is 6. The van der Waals surface area contributed by atoms with Crippen molar-refractivity contribution in [2.45, 2.75) is 24.1 Å². The summed E-state index contributed by atoms with van der Waals surface area (Å²) < 4.78 is 72.3. The number of halogens is 4. The van der Waals surface area contributed by atoms with E-state index in [4.69, 9.17) is 0 Å². The molecule has 0 aliphatic carbocycles. The first-order valence-corrected chi connectivity index (χ1v) is 12.4. The number of nitrogens with one attached hydrogen (secondary N) is 1. The van der Waals surface area contributed by atoms with Crippen LogP contribution in [-0.4, -0.2) is 60.4 Å². The number of alkyl halides is 4. The predicted octanol–water partition coefficient (Wildman–Crippen LogP) is 3.08. The molecule has 32 heavy (non-hydrogen) atoms. The van der Waals surface area contributed by atoms with E-state index < -0.39 is 57.6 Å². The number of amides is 1. The van der Waals surface area contributed by atoms with Crippen molar-refractivity contribution < 1.29 is 35.9 Å². The fraction of sp³-hybridized carbons (Fsp3) is 0.400. The number of nitrogens with zero attached hydrogens (tertiary/aromatic N) is 1. The largest absolute Gasteiger partial charge is 0.442 e. The number of aliphatic hydroxyl groups is 1. The molecule has 2 N–H and O–H groups in total. The Morgan fingerprint density at radius 1 is 1.16 bits per heavy atom. The molecule has 2 atom stereocenters. The average molecular weight is 495 g/mol. The predicted molar refractivity (Wildman–Crippen MR) is 114 cm³/mol. The molecule has 1 heterocycles. The van der Waals surface area contributed by atoms with Crippen LogP contribution in [-0.2, 0) is 21.1 Å². The van der Waals surface area contributed by atoms with E-state index in [0.29, 0.717) is 12.1 Å². The SMILES string of the molecule is CS(=O)(=O)CCc1ccc(-c2ccc([C@@H](O)[C@@H](CF)NC(=O)CSC(F)(F)F)cc2)cn1. The maximum atomic E-state index is 13.3. The Kier molecular flexibility index (Phi) is 9.05. The third-order valence-corrected chi connectivity index (χ3v) is 6.08. The lowest BCUT2D eigenvalue weighted by Gasteiger charge is -2.22. The van der Waals surface area contributed by atoms with Crippen LogP contribution in [0.5, 0.6) is 0 Å². The van der Waals surface area contributed by atoms with E-state index in [-0.39, 0.29) is 11.3 Å². The molecule has 1 aromatic carbocycles. The highest BCUT2D eigenvalue weighted by Gasteiger charge is 2.30. The van der Waals surface area contributed by atoms with Gasteiger partial charge in [-0.25, -0.2) is 12.8 Å². The minimum atomic E-state index is -4.59. The van der Waals surface area contributed by atoms with Crippen LogP contribution in [0.3, 0.4) is 0 Å². The number of aromatic nitrogens is 1. The van der Waals surface area contributed by atoms with Crippen LogP contribution in [0.25, 0.3) is 11.1 Å². The van der Waals surface area contributed by atoms with Crippen LogP contribution in [0.1, 0.15) is 17.4 Å². The maximum absolute atomic E-state index is 13.3. The normalized spacial score (nSPS) is 14.1. The van der Waals surface area contributed by atoms with Gasteiger partial charge in [0.2, 0.25) is 5.91 Å². The number of aryl methyl sites for hydroxylation is 1. The molecule has 2 aromatic rings. The molecule has 176 valence electrons. The lowest BCUT2D eigenvalue weighted by atomic mass is 9.99. The Morgan fingerprint density at radius 3 is 2.28 bits per heavy atom. The zero-order chi connectivity index (χ0) is 23.9. The number of pyridine rings is 1. The highest BCUT2D eigenvalue weighted by atomic mass is 32.2. The second-order valence-electron chi connectivity index (χ2n) is 7.05. The van der Waals surface area contributed by atoms with Crippen LogP contribution in [0.15, 0.2) is 42.6 Å². The molecule has 0 unspecified atom stereocenters. The smallest absolute Gasteiger partial charge is 0.386 e. The first kappa shape index (κ1) is 26.1. The number of thioether (sulfide) groups is 1. The third-order valence-electron chi connectivity index (χ3n) is 4.40. The molecule has 0 aliphatic heterocycles. The third kappa shape index (κ3) is 8.75. The summed E-state index contributed by atoms with van der Waals surface area (Å²) in [6.07, 6.45) is 1.57. The summed E-state index contributed by atoms with van der Waals surface area (Å²) in [5.74, 6) is -1.97. The summed E-state index contributed by atoms with van der Waals surface area (Å²) in [5.41, 5.74) is -2.23. The Balaban J connectivity index is 2.01. The molecule has 1 amide bonds. The van der Waals surface area contributed by atoms with E-state index in [0.717, 1.165) is 17.4 Å². The van der Waals surface area contributed by atoms with Crippen molar-refractivity contribution in [1.82, 2.24) is 10.3 Å². The summed E-state index contributed by atoms with van der Waals surface area (Å²) in [7, 11) is -3.09. The van der Waals surface area contributed by atoms with Gasteiger partial charge in [-0.15, -0.1) is 0 Å². The molecule has 0 spiro atoms. The molecule has 0 bridgehead atoms. The molecule has 0 fully saturated rings. The highest BCUT2D eigenvalue weighted by Crippen LogP contribution is 2.30. The lowest BCUT2D eigenvalue weighted by Crippen LogP contribution is -2.42. The first-order valence-electron chi connectivity index (χ1n) is 9.35. The fourth-order valence-electron chi connectivity index (χ4n) is 2.74. The zero-order valence-electron chi connectivity index (χ0n) is 17.0. The monoisotopic (exact) mass is 494 g/mol. The zero-order valence-corrected chi connectivity index (χ0v) is 18.6. The van der Waals surface area contributed by atoms with Gasteiger partial charge in [0.05, 0.1) is 17.5 Å². The minimum absolute atomic E-state index is 0.00684. The van der Waals surface area contributed by atoms with Gasteiger partial charge in [-0.1, -0.05) is 30.3 Å². The summed E-state index contributed by atoms with van der Waals surface area (Å²) >= 11 is -0.546. The van der Waals surface area contributed by atoms with Crippen LogP contribution in [0.4, 0.5) is 17.6 Å². The number of aliphatic hydroxyl groups excluding tert-OH is 1. The number of sulfone groups is 1. The fourth-order valence-corrected chi connectivity index (χ4v) is 3.69. The Bertz CT molecular complexity index is 998. The van der Waals surface area contributed by atoms with Crippen LogP contribution < -0.4 is 5.32 Å². The van der Waals surface area contributed by atoms with Crippen molar-refractivity contribution in [2.24, 2.45) is 0 Å². The van der Waals surface area contributed by atoms with E-state index >= 15 is 0 Å². The van der Waals surface area contributed by atoms with Crippen molar-refractivity contribution in [2.75, 3.05) is 24.4 Å². The topological polar surface area (TPSA) is 96.4 Å². The quantitative estimate of drug-likeness (QED) is 0.493. The van der Waals surface area contributed by atoms with Gasteiger partial charge < -0.3 is 10.4 Å². The maximum Gasteiger partial charge on any atom is 0.442 e. The van der Waals surface area contributed by atoms with E-state index in [1.165, 1.54) is 12.1 Å². The van der Waals surface area contributed by atoms with Crippen LogP contribution in [0.2, 0.25) is 0 Å². The Labute approximate surface area is 187 Å². The molecule has 1 aromatic heterocycles. The van der Waals surface area contributed by atoms with Gasteiger partial charge in [0.1, 0.15) is 22.6 Å². The van der Waals surface area contributed by atoms with Crippen molar-refractivity contribution in [3.63, 3.8) is 0 Å². The van der Waals surface area contributed by atoms with Gasteiger partial charge in [0.15, 0.2) is 0 Å². The Hall–Kier alpha value is -2.18. The molecule has 0 saturated heterocycles. The van der Waals surface area contributed by atoms with E-state index in [1.807, 2.05) is 0 Å². The van der Waals surface area contributed by atoms with Gasteiger partial charge in [-0.05, 0) is 29.0 Å². The van der Waals surface area contributed by atoms with Gasteiger partial charge in [0, 0.05) is 30.1 Å². The number of benzene rings is 1. The van der Waals surface area contributed by atoms with E-state index in [2.05, 4.69) is 10.3 Å². The molecule has 2 rings (SSSR count). The number of rotatable bonds is 10. The summed E-state index contributed by atoms with van der Waals surface area (Å²) in [6, 6.07) is 8.38. The van der Waals surface area contributed by atoms with Crippen LogP contribution >= 0.6 is 11.8 Å².